The van der Waals surface area contributed by atoms with E-state index in [1.54, 1.807) is 11.8 Å². The first kappa shape index (κ1) is 11.5. The Morgan fingerprint density at radius 3 is 2.93 bits per heavy atom. The maximum absolute atomic E-state index is 10.3. The van der Waals surface area contributed by atoms with Crippen LogP contribution in [0.3, 0.4) is 0 Å². The van der Waals surface area contributed by atoms with E-state index in [9.17, 15) is 9.90 Å². The predicted molar refractivity (Wildman–Crippen MR) is 56.8 cm³/mol. The van der Waals surface area contributed by atoms with E-state index in [2.05, 4.69) is 4.99 Å². The van der Waals surface area contributed by atoms with Gasteiger partial charge in [0.2, 0.25) is 0 Å². The van der Waals surface area contributed by atoms with Gasteiger partial charge in [-0.05, 0) is 6.42 Å². The molecule has 2 atom stereocenters. The second-order valence-corrected chi connectivity index (χ2v) is 4.57. The lowest BCUT2D eigenvalue weighted by atomic mass is 10.0. The van der Waals surface area contributed by atoms with E-state index in [0.717, 1.165) is 17.3 Å². The highest BCUT2D eigenvalue weighted by atomic mass is 32.2. The summed E-state index contributed by atoms with van der Waals surface area (Å²) in [5.41, 5.74) is 0. The second-order valence-electron chi connectivity index (χ2n) is 3.46. The summed E-state index contributed by atoms with van der Waals surface area (Å²) < 4.78 is 0. The molecule has 1 heterocycles. The van der Waals surface area contributed by atoms with E-state index in [1.807, 2.05) is 6.92 Å². The lowest BCUT2D eigenvalue weighted by Crippen LogP contribution is -2.19. The smallest absolute Gasteiger partial charge is 0.305 e. The number of nitrogens with zero attached hydrogens (tertiary/aromatic N) is 1. The Morgan fingerprint density at radius 2 is 2.43 bits per heavy atom. The quantitative estimate of drug-likeness (QED) is 0.720. The van der Waals surface area contributed by atoms with E-state index in [4.69, 9.17) is 5.11 Å². The van der Waals surface area contributed by atoms with Crippen LogP contribution in [0.1, 0.15) is 19.8 Å². The van der Waals surface area contributed by atoms with Crippen LogP contribution in [0.15, 0.2) is 4.99 Å². The summed E-state index contributed by atoms with van der Waals surface area (Å²) in [6, 6.07) is 0. The zero-order valence-corrected chi connectivity index (χ0v) is 8.96. The van der Waals surface area contributed by atoms with Crippen molar-refractivity contribution in [1.82, 2.24) is 0 Å². The molecule has 0 aliphatic carbocycles. The molecule has 0 saturated carbocycles. The Balaban J connectivity index is 2.32. The van der Waals surface area contributed by atoms with Crippen molar-refractivity contribution in [3.05, 3.63) is 0 Å². The molecule has 14 heavy (non-hydrogen) atoms. The van der Waals surface area contributed by atoms with Gasteiger partial charge < -0.3 is 10.2 Å². The van der Waals surface area contributed by atoms with Gasteiger partial charge in [-0.2, -0.15) is 0 Å². The first-order chi connectivity index (χ1) is 6.59. The van der Waals surface area contributed by atoms with Crippen molar-refractivity contribution < 1.29 is 15.0 Å². The molecule has 5 heteroatoms. The van der Waals surface area contributed by atoms with Crippen LogP contribution >= 0.6 is 11.8 Å². The van der Waals surface area contributed by atoms with Crippen molar-refractivity contribution in [3.8, 4) is 0 Å². The Kier molecular flexibility index (Phi) is 4.41. The number of hydrogen-bond donors (Lipinski definition) is 2. The summed E-state index contributed by atoms with van der Waals surface area (Å²) in [5.74, 6) is 0.233. The first-order valence-electron chi connectivity index (χ1n) is 4.66. The average molecular weight is 217 g/mol. The monoisotopic (exact) mass is 217 g/mol. The minimum Gasteiger partial charge on any atom is -0.481 e. The molecule has 0 spiro atoms. The molecular formula is C9H15NO3S. The third-order valence-corrected chi connectivity index (χ3v) is 3.28. The molecule has 0 aromatic rings. The molecular weight excluding hydrogens is 202 g/mol. The van der Waals surface area contributed by atoms with E-state index >= 15 is 0 Å². The molecule has 2 N–H and O–H groups in total. The van der Waals surface area contributed by atoms with Gasteiger partial charge in [-0.25, -0.2) is 0 Å². The normalized spacial score (nSPS) is 20.3. The summed E-state index contributed by atoms with van der Waals surface area (Å²) in [6.07, 6.45) is -0.452. The van der Waals surface area contributed by atoms with Crippen molar-refractivity contribution in [2.24, 2.45) is 10.9 Å². The van der Waals surface area contributed by atoms with Gasteiger partial charge in [-0.15, -0.1) is 11.8 Å². The highest BCUT2D eigenvalue weighted by Crippen LogP contribution is 2.22. The van der Waals surface area contributed by atoms with E-state index in [-0.39, 0.29) is 12.3 Å². The fraction of sp³-hybridized carbons (Fsp3) is 0.778. The minimum atomic E-state index is -0.953. The lowest BCUT2D eigenvalue weighted by Gasteiger charge is -2.14. The number of thioether (sulfide) groups is 1. The maximum Gasteiger partial charge on any atom is 0.305 e. The summed E-state index contributed by atoms with van der Waals surface area (Å²) >= 11 is 1.70. The highest BCUT2D eigenvalue weighted by molar-refractivity contribution is 8.14. The molecule has 0 aromatic heterocycles. The molecule has 0 fully saturated rings. The molecule has 0 amide bonds. The van der Waals surface area contributed by atoms with Crippen molar-refractivity contribution in [3.63, 3.8) is 0 Å². The topological polar surface area (TPSA) is 69.9 Å². The van der Waals surface area contributed by atoms with Crippen LogP contribution in [-0.2, 0) is 4.79 Å². The molecule has 80 valence electrons. The van der Waals surface area contributed by atoms with Gasteiger partial charge in [0.05, 0.1) is 17.6 Å². The fourth-order valence-electron chi connectivity index (χ4n) is 1.44. The van der Waals surface area contributed by atoms with Crippen molar-refractivity contribution >= 4 is 22.8 Å². The molecule has 0 saturated heterocycles. The standard InChI is InChI=1S/C9H15NO3S/c1-6(9-10-2-3-14-9)4-7(11)5-8(12)13/h6-7,11H,2-5H2,1H3,(H,12,13). The number of aliphatic carboxylic acids is 1. The SMILES string of the molecule is CC(CC(O)CC(=O)O)C1=NCCS1. The molecule has 4 nitrogen and oxygen atoms in total. The average Bonchev–Trinajstić information content (AvgIpc) is 2.53. The van der Waals surface area contributed by atoms with Gasteiger partial charge in [0.1, 0.15) is 0 Å². The summed E-state index contributed by atoms with van der Waals surface area (Å²) in [6.45, 7) is 2.82. The third kappa shape index (κ3) is 3.67. The molecule has 0 radical (unpaired) electrons. The van der Waals surface area contributed by atoms with Crippen LogP contribution in [-0.4, -0.2) is 39.6 Å². The van der Waals surface area contributed by atoms with Crippen molar-refractivity contribution in [2.45, 2.75) is 25.9 Å². The maximum atomic E-state index is 10.3. The van der Waals surface area contributed by atoms with Crippen molar-refractivity contribution in [2.75, 3.05) is 12.3 Å². The Morgan fingerprint density at radius 1 is 1.71 bits per heavy atom. The van der Waals surface area contributed by atoms with Crippen LogP contribution < -0.4 is 0 Å². The van der Waals surface area contributed by atoms with Gasteiger partial charge in [0, 0.05) is 18.2 Å². The molecule has 1 aliphatic heterocycles. The second kappa shape index (κ2) is 5.36. The molecule has 0 bridgehead atoms. The van der Waals surface area contributed by atoms with E-state index < -0.39 is 12.1 Å². The number of aliphatic hydroxyl groups is 1. The Hall–Kier alpha value is -0.550. The summed E-state index contributed by atoms with van der Waals surface area (Å²) in [7, 11) is 0. The zero-order valence-electron chi connectivity index (χ0n) is 8.14. The van der Waals surface area contributed by atoms with Gasteiger partial charge in [-0.1, -0.05) is 6.92 Å². The van der Waals surface area contributed by atoms with Crippen molar-refractivity contribution in [1.29, 1.82) is 0 Å². The van der Waals surface area contributed by atoms with Gasteiger partial charge in [0.25, 0.3) is 0 Å². The van der Waals surface area contributed by atoms with Gasteiger partial charge >= 0.3 is 5.97 Å². The Labute approximate surface area is 87.4 Å². The molecule has 1 rings (SSSR count). The number of aliphatic hydroxyl groups excluding tert-OH is 1. The Bertz CT molecular complexity index is 242. The summed E-state index contributed by atoms with van der Waals surface area (Å²) in [5, 5.41) is 18.9. The zero-order chi connectivity index (χ0) is 10.6. The van der Waals surface area contributed by atoms with E-state index in [1.165, 1.54) is 0 Å². The van der Waals surface area contributed by atoms with Crippen LogP contribution in [0.5, 0.6) is 0 Å². The molecule has 1 aliphatic rings. The lowest BCUT2D eigenvalue weighted by molar-refractivity contribution is -0.139. The van der Waals surface area contributed by atoms with E-state index in [0.29, 0.717) is 6.42 Å². The summed E-state index contributed by atoms with van der Waals surface area (Å²) in [4.78, 5) is 14.6. The molecule has 0 aromatic carbocycles. The van der Waals surface area contributed by atoms with Crippen LogP contribution in [0, 0.1) is 5.92 Å². The van der Waals surface area contributed by atoms with Crippen LogP contribution in [0.25, 0.3) is 0 Å². The first-order valence-corrected chi connectivity index (χ1v) is 5.65. The number of carboxylic acids is 1. The fourth-order valence-corrected chi connectivity index (χ4v) is 2.40. The third-order valence-electron chi connectivity index (χ3n) is 2.07. The molecule has 2 unspecified atom stereocenters. The number of rotatable bonds is 5. The number of aliphatic imine (C=N–C) groups is 1. The predicted octanol–water partition coefficient (Wildman–Crippen LogP) is 0.993. The van der Waals surface area contributed by atoms with Gasteiger partial charge in [-0.3, -0.25) is 9.79 Å². The number of carbonyl (C=O) groups is 1. The number of carboxylic acid groups (broad SMARTS) is 1. The number of hydrogen-bond acceptors (Lipinski definition) is 4. The van der Waals surface area contributed by atoms with Crippen LogP contribution in [0.4, 0.5) is 0 Å². The van der Waals surface area contributed by atoms with Gasteiger partial charge in [0.15, 0.2) is 0 Å². The highest BCUT2D eigenvalue weighted by Gasteiger charge is 2.19. The van der Waals surface area contributed by atoms with Crippen LogP contribution in [0.2, 0.25) is 0 Å². The largest absolute Gasteiger partial charge is 0.481 e. The minimum absolute atomic E-state index is 0.178.